The second kappa shape index (κ2) is 6.75. The van der Waals surface area contributed by atoms with E-state index in [1.54, 1.807) is 0 Å². The lowest BCUT2D eigenvalue weighted by molar-refractivity contribution is 0.345. The summed E-state index contributed by atoms with van der Waals surface area (Å²) in [7, 11) is -3.21. The highest BCUT2D eigenvalue weighted by atomic mass is 31.2. The quantitative estimate of drug-likeness (QED) is 0.735. The van der Waals surface area contributed by atoms with E-state index < -0.39 is 7.52 Å². The third kappa shape index (κ3) is 3.84. The number of benzene rings is 2. The summed E-state index contributed by atoms with van der Waals surface area (Å²) in [6.45, 7) is 8.17. The smallest absolute Gasteiger partial charge is 0.312 e. The standard InChI is InChI=1S/C17H20NO2P/c1-4-20-21(19,18-17-8-6-5-7-9-17)15(3)16-12-10-14(2)11-13-16/h5-13H,3-4H2,1-2H3,(H,18,19). The van der Waals surface area contributed by atoms with Gasteiger partial charge in [0.1, 0.15) is 0 Å². The van der Waals surface area contributed by atoms with E-state index in [9.17, 15) is 4.57 Å². The minimum atomic E-state index is -3.21. The predicted octanol–water partition coefficient (Wildman–Crippen LogP) is 5.31. The maximum absolute atomic E-state index is 13.1. The minimum absolute atomic E-state index is 0.349. The van der Waals surface area contributed by atoms with Gasteiger partial charge in [-0.3, -0.25) is 4.57 Å². The first-order valence-electron chi connectivity index (χ1n) is 6.89. The number of nitrogens with one attached hydrogen (secondary N) is 1. The molecule has 0 aromatic heterocycles. The highest BCUT2D eigenvalue weighted by molar-refractivity contribution is 7.71. The Kier molecular flexibility index (Phi) is 5.00. The van der Waals surface area contributed by atoms with E-state index in [0.29, 0.717) is 11.9 Å². The molecular formula is C17H20NO2P. The van der Waals surface area contributed by atoms with Gasteiger partial charge in [0.15, 0.2) is 0 Å². The fourth-order valence-electron chi connectivity index (χ4n) is 1.96. The fourth-order valence-corrected chi connectivity index (χ4v) is 3.65. The van der Waals surface area contributed by atoms with Crippen LogP contribution in [0.5, 0.6) is 0 Å². The van der Waals surface area contributed by atoms with Crippen molar-refractivity contribution in [3.63, 3.8) is 0 Å². The fraction of sp³-hybridized carbons (Fsp3) is 0.176. The molecular weight excluding hydrogens is 281 g/mol. The second-order valence-corrected chi connectivity index (χ2v) is 6.88. The van der Waals surface area contributed by atoms with Gasteiger partial charge >= 0.3 is 7.52 Å². The van der Waals surface area contributed by atoms with Crippen molar-refractivity contribution in [2.75, 3.05) is 11.7 Å². The normalized spacial score (nSPS) is 13.4. The van der Waals surface area contributed by atoms with Crippen molar-refractivity contribution < 1.29 is 9.09 Å². The van der Waals surface area contributed by atoms with Gasteiger partial charge in [-0.25, -0.2) is 0 Å². The van der Waals surface area contributed by atoms with Crippen LogP contribution in [0, 0.1) is 6.92 Å². The molecule has 0 saturated carbocycles. The Morgan fingerprint density at radius 2 is 1.76 bits per heavy atom. The average molecular weight is 301 g/mol. The Morgan fingerprint density at radius 3 is 2.33 bits per heavy atom. The minimum Gasteiger partial charge on any atom is -0.312 e. The van der Waals surface area contributed by atoms with Crippen LogP contribution in [0.15, 0.2) is 61.2 Å². The van der Waals surface area contributed by atoms with E-state index in [2.05, 4.69) is 11.7 Å². The van der Waals surface area contributed by atoms with Gasteiger partial charge in [0, 0.05) is 5.69 Å². The van der Waals surface area contributed by atoms with Gasteiger partial charge in [0.25, 0.3) is 0 Å². The third-order valence-corrected chi connectivity index (χ3v) is 5.24. The van der Waals surface area contributed by atoms with Gasteiger partial charge < -0.3 is 9.61 Å². The molecule has 0 amide bonds. The van der Waals surface area contributed by atoms with Crippen LogP contribution in [-0.2, 0) is 9.09 Å². The molecule has 0 aliphatic heterocycles. The van der Waals surface area contributed by atoms with Crippen molar-refractivity contribution >= 4 is 18.5 Å². The predicted molar refractivity (Wildman–Crippen MR) is 89.5 cm³/mol. The summed E-state index contributed by atoms with van der Waals surface area (Å²) in [5.41, 5.74) is 2.72. The maximum Gasteiger partial charge on any atom is 0.323 e. The topological polar surface area (TPSA) is 38.3 Å². The highest BCUT2D eigenvalue weighted by Gasteiger charge is 2.28. The van der Waals surface area contributed by atoms with Crippen LogP contribution in [0.2, 0.25) is 0 Å². The number of anilines is 1. The molecule has 110 valence electrons. The molecule has 4 heteroatoms. The molecule has 1 atom stereocenters. The molecule has 0 fully saturated rings. The zero-order valence-electron chi connectivity index (χ0n) is 12.4. The first-order valence-corrected chi connectivity index (χ1v) is 8.52. The van der Waals surface area contributed by atoms with Crippen LogP contribution in [0.25, 0.3) is 5.31 Å². The van der Waals surface area contributed by atoms with Crippen LogP contribution in [0.1, 0.15) is 18.1 Å². The molecule has 21 heavy (non-hydrogen) atoms. The molecule has 2 aromatic rings. The van der Waals surface area contributed by atoms with E-state index in [-0.39, 0.29) is 0 Å². The summed E-state index contributed by atoms with van der Waals surface area (Å²) >= 11 is 0. The number of hydrogen-bond acceptors (Lipinski definition) is 2. The molecule has 1 N–H and O–H groups in total. The molecule has 1 unspecified atom stereocenters. The molecule has 0 heterocycles. The lowest BCUT2D eigenvalue weighted by Crippen LogP contribution is -2.03. The Morgan fingerprint density at radius 1 is 1.14 bits per heavy atom. The van der Waals surface area contributed by atoms with Crippen molar-refractivity contribution in [2.24, 2.45) is 0 Å². The number of aryl methyl sites for hydroxylation is 1. The van der Waals surface area contributed by atoms with E-state index in [1.807, 2.05) is 68.4 Å². The van der Waals surface area contributed by atoms with Crippen LogP contribution in [0.4, 0.5) is 5.69 Å². The summed E-state index contributed by atoms with van der Waals surface area (Å²) in [4.78, 5) is 0. The Hall–Kier alpha value is -1.83. The molecule has 0 aliphatic carbocycles. The summed E-state index contributed by atoms with van der Waals surface area (Å²) in [5.74, 6) is 0. The molecule has 0 radical (unpaired) electrons. The second-order valence-electron chi connectivity index (χ2n) is 4.76. The molecule has 2 rings (SSSR count). The van der Waals surface area contributed by atoms with Gasteiger partial charge in [-0.05, 0) is 31.5 Å². The maximum atomic E-state index is 13.1. The summed E-state index contributed by atoms with van der Waals surface area (Å²) in [6.07, 6.45) is 0. The van der Waals surface area contributed by atoms with Crippen molar-refractivity contribution in [1.29, 1.82) is 0 Å². The molecule has 3 nitrogen and oxygen atoms in total. The Balaban J connectivity index is 2.30. The summed E-state index contributed by atoms with van der Waals surface area (Å²) in [6, 6.07) is 17.2. The van der Waals surface area contributed by atoms with E-state index in [4.69, 9.17) is 4.52 Å². The van der Waals surface area contributed by atoms with Gasteiger partial charge in [-0.1, -0.05) is 54.6 Å². The first-order chi connectivity index (χ1) is 10.0. The van der Waals surface area contributed by atoms with Crippen molar-refractivity contribution in [3.05, 3.63) is 72.3 Å². The van der Waals surface area contributed by atoms with Crippen molar-refractivity contribution in [1.82, 2.24) is 0 Å². The Labute approximate surface area is 126 Å². The average Bonchev–Trinajstić information content (AvgIpc) is 2.48. The van der Waals surface area contributed by atoms with Crippen LogP contribution in [0.3, 0.4) is 0 Å². The van der Waals surface area contributed by atoms with Crippen LogP contribution >= 0.6 is 7.52 Å². The largest absolute Gasteiger partial charge is 0.323 e. The Bertz CT molecular complexity index is 650. The lowest BCUT2D eigenvalue weighted by Gasteiger charge is -2.22. The SMILES string of the molecule is C=C(c1ccc(C)cc1)P(=O)(Nc1ccccc1)OCC. The van der Waals surface area contributed by atoms with Crippen molar-refractivity contribution in [2.45, 2.75) is 13.8 Å². The van der Waals surface area contributed by atoms with Crippen LogP contribution < -0.4 is 5.09 Å². The monoisotopic (exact) mass is 301 g/mol. The van der Waals surface area contributed by atoms with E-state index in [1.165, 1.54) is 0 Å². The van der Waals surface area contributed by atoms with E-state index in [0.717, 1.165) is 16.8 Å². The third-order valence-electron chi connectivity index (χ3n) is 3.10. The van der Waals surface area contributed by atoms with Gasteiger partial charge in [0.2, 0.25) is 0 Å². The molecule has 0 saturated heterocycles. The van der Waals surface area contributed by atoms with Gasteiger partial charge in [0.05, 0.1) is 11.9 Å². The zero-order valence-corrected chi connectivity index (χ0v) is 13.3. The first kappa shape index (κ1) is 15.6. The molecule has 0 bridgehead atoms. The van der Waals surface area contributed by atoms with E-state index >= 15 is 0 Å². The highest BCUT2D eigenvalue weighted by Crippen LogP contribution is 2.57. The van der Waals surface area contributed by atoms with Crippen LogP contribution in [-0.4, -0.2) is 6.61 Å². The van der Waals surface area contributed by atoms with Crippen molar-refractivity contribution in [3.8, 4) is 0 Å². The van der Waals surface area contributed by atoms with Gasteiger partial charge in [-0.15, -0.1) is 0 Å². The molecule has 0 spiro atoms. The molecule has 0 aliphatic rings. The summed E-state index contributed by atoms with van der Waals surface area (Å²) in [5, 5.41) is 3.48. The number of para-hydroxylation sites is 1. The number of rotatable bonds is 6. The lowest BCUT2D eigenvalue weighted by atomic mass is 10.1. The zero-order chi connectivity index (χ0) is 15.3. The van der Waals surface area contributed by atoms with Gasteiger partial charge in [-0.2, -0.15) is 0 Å². The number of hydrogen-bond donors (Lipinski definition) is 1. The summed E-state index contributed by atoms with van der Waals surface area (Å²) < 4.78 is 18.7. The molecule has 2 aromatic carbocycles.